The number of fused-ring (bicyclic) bond motifs is 1. The summed E-state index contributed by atoms with van der Waals surface area (Å²) in [5.41, 5.74) is 2.08. The second kappa shape index (κ2) is 8.60. The molecule has 2 heterocycles. The number of hydrogen-bond donors (Lipinski definition) is 0. The first-order valence-corrected chi connectivity index (χ1v) is 11.0. The Bertz CT molecular complexity index is 1050. The molecule has 1 aliphatic rings. The van der Waals surface area contributed by atoms with Crippen molar-refractivity contribution in [2.75, 3.05) is 13.1 Å². The molecule has 0 aliphatic carbocycles. The maximum atomic E-state index is 12.9. The molecule has 0 bridgehead atoms. The number of likely N-dealkylation sites (tertiary alicyclic amines) is 1. The van der Waals surface area contributed by atoms with Gasteiger partial charge in [-0.2, -0.15) is 0 Å². The number of benzene rings is 2. The first kappa shape index (κ1) is 20.8. The fourth-order valence-corrected chi connectivity index (χ4v) is 5.14. The fraction of sp³-hybridized carbons (Fsp3) is 0.318. The fourth-order valence-electron chi connectivity index (χ4n) is 3.88. The topological polar surface area (TPSA) is 50.3 Å². The highest BCUT2D eigenvalue weighted by Gasteiger charge is 2.21. The van der Waals surface area contributed by atoms with E-state index in [-0.39, 0.29) is 17.3 Å². The smallest absolute Gasteiger partial charge is 0.208 e. The van der Waals surface area contributed by atoms with Gasteiger partial charge >= 0.3 is 0 Å². The third kappa shape index (κ3) is 4.07. The average molecular weight is 417 g/mol. The molecule has 6 heteroatoms. The van der Waals surface area contributed by atoms with Crippen LogP contribution in [0.3, 0.4) is 0 Å². The molecule has 1 aliphatic heterocycles. The van der Waals surface area contributed by atoms with Gasteiger partial charge in [-0.25, -0.2) is 8.42 Å². The molecule has 1 aromatic heterocycles. The van der Waals surface area contributed by atoms with E-state index in [1.807, 2.05) is 18.2 Å². The lowest BCUT2D eigenvalue weighted by atomic mass is 10.0. The molecule has 148 valence electrons. The average Bonchev–Trinajstić information content (AvgIpc) is 3.23. The van der Waals surface area contributed by atoms with Crippen LogP contribution in [0.4, 0.5) is 0 Å². The summed E-state index contributed by atoms with van der Waals surface area (Å²) in [5.74, 6) is 0. The number of halogens is 1. The molecule has 0 radical (unpaired) electrons. The Kier molecular flexibility index (Phi) is 6.38. The van der Waals surface area contributed by atoms with E-state index in [1.54, 1.807) is 30.3 Å². The van der Waals surface area contributed by atoms with Crippen molar-refractivity contribution < 1.29 is 8.42 Å². The molecule has 28 heavy (non-hydrogen) atoms. The van der Waals surface area contributed by atoms with Crippen LogP contribution in [0.25, 0.3) is 10.9 Å². The third-order valence-electron chi connectivity index (χ3n) is 5.41. The van der Waals surface area contributed by atoms with Crippen molar-refractivity contribution in [2.24, 2.45) is 0 Å². The van der Waals surface area contributed by atoms with Crippen LogP contribution in [0, 0.1) is 0 Å². The molecule has 1 fully saturated rings. The lowest BCUT2D eigenvalue weighted by Gasteiger charge is -2.24. The molecule has 1 atom stereocenters. The van der Waals surface area contributed by atoms with Gasteiger partial charge in [0.1, 0.15) is 0 Å². The Balaban J connectivity index is 0.00000225. The Hall–Kier alpha value is -1.95. The SMILES string of the molecule is CC(Cc1cccc2cc(S(=O)(=O)c3ccccc3)cnc12)N1CCCC1.Cl. The number of nitrogens with zero attached hydrogens (tertiary/aromatic N) is 2. The van der Waals surface area contributed by atoms with Crippen LogP contribution in [0.1, 0.15) is 25.3 Å². The maximum absolute atomic E-state index is 12.9. The lowest BCUT2D eigenvalue weighted by molar-refractivity contribution is 0.258. The van der Waals surface area contributed by atoms with Crippen molar-refractivity contribution in [3.63, 3.8) is 0 Å². The van der Waals surface area contributed by atoms with E-state index in [0.29, 0.717) is 10.9 Å². The summed E-state index contributed by atoms with van der Waals surface area (Å²) >= 11 is 0. The van der Waals surface area contributed by atoms with Crippen LogP contribution in [0.15, 0.2) is 70.6 Å². The van der Waals surface area contributed by atoms with Crippen molar-refractivity contribution in [2.45, 2.75) is 42.0 Å². The Morgan fingerprint density at radius 3 is 2.43 bits per heavy atom. The molecule has 1 saturated heterocycles. The van der Waals surface area contributed by atoms with Crippen LogP contribution >= 0.6 is 12.4 Å². The summed E-state index contributed by atoms with van der Waals surface area (Å²) in [7, 11) is -3.55. The summed E-state index contributed by atoms with van der Waals surface area (Å²) < 4.78 is 25.7. The predicted octanol–water partition coefficient (Wildman–Crippen LogP) is 4.52. The molecular formula is C22H25ClN2O2S. The summed E-state index contributed by atoms with van der Waals surface area (Å²) in [6.45, 7) is 4.59. The van der Waals surface area contributed by atoms with Gasteiger partial charge < -0.3 is 4.90 Å². The highest BCUT2D eigenvalue weighted by Crippen LogP contribution is 2.26. The second-order valence-corrected chi connectivity index (χ2v) is 9.22. The molecule has 4 rings (SSSR count). The van der Waals surface area contributed by atoms with Gasteiger partial charge in [-0.3, -0.25) is 4.98 Å². The predicted molar refractivity (Wildman–Crippen MR) is 115 cm³/mol. The first-order valence-electron chi connectivity index (χ1n) is 9.47. The van der Waals surface area contributed by atoms with Crippen molar-refractivity contribution in [3.05, 3.63) is 66.4 Å². The van der Waals surface area contributed by atoms with Gasteiger partial charge in [0.25, 0.3) is 0 Å². The minimum atomic E-state index is -3.55. The zero-order valence-corrected chi connectivity index (χ0v) is 17.5. The largest absolute Gasteiger partial charge is 0.300 e. The summed E-state index contributed by atoms with van der Waals surface area (Å²) in [4.78, 5) is 7.61. The normalized spacial score (nSPS) is 16.0. The summed E-state index contributed by atoms with van der Waals surface area (Å²) in [6, 6.07) is 16.8. The molecule has 1 unspecified atom stereocenters. The number of pyridine rings is 1. The van der Waals surface area contributed by atoms with Crippen LogP contribution in [-0.4, -0.2) is 37.4 Å². The summed E-state index contributed by atoms with van der Waals surface area (Å²) in [5, 5.41) is 0.873. The minimum Gasteiger partial charge on any atom is -0.300 e. The number of rotatable bonds is 5. The van der Waals surface area contributed by atoms with E-state index < -0.39 is 9.84 Å². The zero-order chi connectivity index (χ0) is 18.9. The van der Waals surface area contributed by atoms with Gasteiger partial charge in [0.05, 0.1) is 15.3 Å². The number of aromatic nitrogens is 1. The second-order valence-electron chi connectivity index (χ2n) is 7.27. The Morgan fingerprint density at radius 1 is 1.00 bits per heavy atom. The van der Waals surface area contributed by atoms with Gasteiger partial charge in [-0.05, 0) is 63.0 Å². The number of sulfone groups is 1. The molecule has 0 spiro atoms. The van der Waals surface area contributed by atoms with Gasteiger partial charge in [-0.15, -0.1) is 12.4 Å². The maximum Gasteiger partial charge on any atom is 0.208 e. The molecule has 0 saturated carbocycles. The number of hydrogen-bond acceptors (Lipinski definition) is 4. The third-order valence-corrected chi connectivity index (χ3v) is 7.15. The van der Waals surface area contributed by atoms with E-state index >= 15 is 0 Å². The van der Waals surface area contributed by atoms with Crippen molar-refractivity contribution in [3.8, 4) is 0 Å². The van der Waals surface area contributed by atoms with E-state index in [1.165, 1.54) is 37.7 Å². The molecule has 2 aromatic carbocycles. The van der Waals surface area contributed by atoms with Crippen LogP contribution < -0.4 is 0 Å². The number of para-hydroxylation sites is 1. The van der Waals surface area contributed by atoms with Gasteiger partial charge in [-0.1, -0.05) is 36.4 Å². The van der Waals surface area contributed by atoms with E-state index in [0.717, 1.165) is 17.3 Å². The van der Waals surface area contributed by atoms with Crippen molar-refractivity contribution >= 4 is 33.1 Å². The highest BCUT2D eigenvalue weighted by atomic mass is 35.5. The standard InChI is InChI=1S/C22H24N2O2S.ClH/c1-17(24-12-5-6-13-24)14-18-8-7-9-19-15-21(16-23-22(18)19)27(25,26)20-10-3-2-4-11-20;/h2-4,7-11,15-17H,5-6,12-14H2,1H3;1H. The monoisotopic (exact) mass is 416 g/mol. The van der Waals surface area contributed by atoms with E-state index in [4.69, 9.17) is 0 Å². The minimum absolute atomic E-state index is 0. The van der Waals surface area contributed by atoms with Gasteiger partial charge in [0.2, 0.25) is 9.84 Å². The van der Waals surface area contributed by atoms with E-state index in [2.05, 4.69) is 22.9 Å². The lowest BCUT2D eigenvalue weighted by Crippen LogP contribution is -2.31. The summed E-state index contributed by atoms with van der Waals surface area (Å²) in [6.07, 6.45) is 4.97. The van der Waals surface area contributed by atoms with Crippen LogP contribution in [-0.2, 0) is 16.3 Å². The van der Waals surface area contributed by atoms with Crippen LogP contribution in [0.2, 0.25) is 0 Å². The van der Waals surface area contributed by atoms with Gasteiger partial charge in [0.15, 0.2) is 0 Å². The van der Waals surface area contributed by atoms with Crippen LogP contribution in [0.5, 0.6) is 0 Å². The molecular weight excluding hydrogens is 392 g/mol. The molecule has 4 nitrogen and oxygen atoms in total. The molecule has 0 N–H and O–H groups in total. The van der Waals surface area contributed by atoms with Gasteiger partial charge in [0, 0.05) is 17.6 Å². The Morgan fingerprint density at radius 2 is 1.71 bits per heavy atom. The molecule has 3 aromatic rings. The first-order chi connectivity index (χ1) is 13.1. The highest BCUT2D eigenvalue weighted by molar-refractivity contribution is 7.91. The Labute approximate surface area is 172 Å². The van der Waals surface area contributed by atoms with E-state index in [9.17, 15) is 8.42 Å². The zero-order valence-electron chi connectivity index (χ0n) is 15.9. The van der Waals surface area contributed by atoms with Crippen molar-refractivity contribution in [1.82, 2.24) is 9.88 Å². The molecule has 0 amide bonds. The van der Waals surface area contributed by atoms with Crippen molar-refractivity contribution in [1.29, 1.82) is 0 Å². The quantitative estimate of drug-likeness (QED) is 0.613.